The van der Waals surface area contributed by atoms with Crippen LogP contribution in [0.3, 0.4) is 0 Å². The highest BCUT2D eigenvalue weighted by Gasteiger charge is 2.23. The van der Waals surface area contributed by atoms with E-state index in [9.17, 15) is 5.11 Å². The minimum absolute atomic E-state index is 0.329. The van der Waals surface area contributed by atoms with Gasteiger partial charge in [-0.15, -0.1) is 11.8 Å². The predicted molar refractivity (Wildman–Crippen MR) is 57.4 cm³/mol. The molecule has 6 N–H and O–H groups in total. The van der Waals surface area contributed by atoms with Crippen molar-refractivity contribution in [3.05, 3.63) is 11.0 Å². The monoisotopic (exact) mass is 233 g/mol. The molecule has 0 unspecified atom stereocenters. The molecule has 0 amide bonds. The Balaban J connectivity index is 4.36. The van der Waals surface area contributed by atoms with Crippen LogP contribution in [0.2, 0.25) is 0 Å². The van der Waals surface area contributed by atoms with Gasteiger partial charge in [0.05, 0.1) is 17.4 Å². The van der Waals surface area contributed by atoms with Crippen molar-refractivity contribution in [3.8, 4) is 6.07 Å². The van der Waals surface area contributed by atoms with E-state index in [0.29, 0.717) is 10.7 Å². The lowest BCUT2D eigenvalue weighted by molar-refractivity contribution is -0.448. The second-order valence-corrected chi connectivity index (χ2v) is 4.74. The van der Waals surface area contributed by atoms with E-state index >= 15 is 0 Å². The van der Waals surface area contributed by atoms with Crippen molar-refractivity contribution >= 4 is 11.8 Å². The maximum atomic E-state index is 9.67. The number of nitrogens with zero attached hydrogens (tertiary/aromatic N) is 1. The van der Waals surface area contributed by atoms with Crippen LogP contribution in [0.1, 0.15) is 13.8 Å². The van der Waals surface area contributed by atoms with Gasteiger partial charge >= 0.3 is 0 Å². The summed E-state index contributed by atoms with van der Waals surface area (Å²) in [5.41, 5.74) is 2.44. The van der Waals surface area contributed by atoms with Gasteiger partial charge in [0, 0.05) is 11.0 Å². The normalized spacial score (nSPS) is 15.2. The Kier molecular flexibility index (Phi) is 5.87. The van der Waals surface area contributed by atoms with Crippen LogP contribution < -0.4 is 5.73 Å². The van der Waals surface area contributed by atoms with Gasteiger partial charge in [-0.1, -0.05) is 0 Å². The van der Waals surface area contributed by atoms with Gasteiger partial charge in [0.2, 0.25) is 6.29 Å². The van der Waals surface area contributed by atoms with Crippen LogP contribution in [0.15, 0.2) is 11.0 Å². The Morgan fingerprint density at radius 3 is 2.47 bits per heavy atom. The van der Waals surface area contributed by atoms with Gasteiger partial charge in [0.1, 0.15) is 6.04 Å². The van der Waals surface area contributed by atoms with Gasteiger partial charge in [0.25, 0.3) is 0 Å². The molecule has 5 nitrogen and oxygen atoms in total. The highest BCUT2D eigenvalue weighted by atomic mass is 32.2. The average molecular weight is 233 g/mol. The van der Waals surface area contributed by atoms with E-state index in [1.54, 1.807) is 13.8 Å². The molecule has 0 spiro atoms. The molecule has 0 saturated carbocycles. The van der Waals surface area contributed by atoms with E-state index in [0.717, 1.165) is 0 Å². The van der Waals surface area contributed by atoms with Gasteiger partial charge in [-0.25, -0.2) is 0 Å². The first-order valence-corrected chi connectivity index (χ1v) is 5.42. The van der Waals surface area contributed by atoms with Crippen molar-refractivity contribution in [1.82, 2.24) is 0 Å². The minimum atomic E-state index is -1.48. The number of rotatable bonds is 5. The third-order valence-electron chi connectivity index (χ3n) is 1.67. The number of aliphatic hydroxyl groups is 3. The number of nitriles is 1. The molecule has 0 saturated heterocycles. The second-order valence-electron chi connectivity index (χ2n) is 3.68. The van der Waals surface area contributed by atoms with E-state index in [-0.39, 0.29) is 0 Å². The summed E-state index contributed by atoms with van der Waals surface area (Å²) in [6, 6.07) is 1.28. The van der Waals surface area contributed by atoms with Crippen molar-refractivity contribution in [2.75, 3.05) is 5.75 Å². The van der Waals surface area contributed by atoms with Crippen molar-refractivity contribution in [2.45, 2.75) is 31.8 Å². The van der Waals surface area contributed by atoms with Crippen LogP contribution in [0, 0.1) is 11.3 Å². The number of allylic oxidation sites excluding steroid dienone is 1. The lowest BCUT2D eigenvalue weighted by Gasteiger charge is -2.21. The lowest BCUT2D eigenvalue weighted by atomic mass is 10.1. The molecular formula is C9H17N2O3S+. The molecule has 6 heteroatoms. The fourth-order valence-electron chi connectivity index (χ4n) is 0.736. The molecule has 0 aliphatic carbocycles. The van der Waals surface area contributed by atoms with Crippen molar-refractivity contribution in [3.63, 3.8) is 0 Å². The summed E-state index contributed by atoms with van der Waals surface area (Å²) in [4.78, 5) is 0.485. The van der Waals surface area contributed by atoms with Gasteiger partial charge in [-0.2, -0.15) is 5.26 Å². The highest BCUT2D eigenvalue weighted by molar-refractivity contribution is 8.03. The molecule has 0 bridgehead atoms. The van der Waals surface area contributed by atoms with Crippen molar-refractivity contribution in [2.24, 2.45) is 0 Å². The number of aliphatic hydroxyl groups excluding tert-OH is 1. The summed E-state index contributed by atoms with van der Waals surface area (Å²) < 4.78 is 0. The predicted octanol–water partition coefficient (Wildman–Crippen LogP) is -1.18. The molecule has 0 fully saturated rings. The van der Waals surface area contributed by atoms with Crippen LogP contribution in [0.5, 0.6) is 0 Å². The molecule has 0 aliphatic heterocycles. The van der Waals surface area contributed by atoms with Crippen LogP contribution >= 0.6 is 11.8 Å². The summed E-state index contributed by atoms with van der Waals surface area (Å²) >= 11 is 1.20. The minimum Gasteiger partial charge on any atom is -0.385 e. The smallest absolute Gasteiger partial charge is 0.206 e. The number of hydrogen-bond donors (Lipinski definition) is 4. The largest absolute Gasteiger partial charge is 0.385 e. The first-order chi connectivity index (χ1) is 6.79. The first kappa shape index (κ1) is 14.4. The molecule has 0 aromatic carbocycles. The molecule has 86 valence electrons. The molecule has 0 radical (unpaired) electrons. The molecule has 0 aromatic rings. The summed E-state index contributed by atoms with van der Waals surface area (Å²) in [7, 11) is 0. The Bertz CT molecular complexity index is 266. The Morgan fingerprint density at radius 2 is 2.13 bits per heavy atom. The standard InChI is InChI=1S/C9H16N2O3S/c1-9(2,14)7(3-4-10)15-5-6(11)8(12)13/h3,6,8,12-14H,5,11H2,1-2H3/p+1/b7-3-/t6-/m0/s1. The van der Waals surface area contributed by atoms with Gasteiger partial charge in [-0.05, 0) is 13.8 Å². The van der Waals surface area contributed by atoms with E-state index in [1.807, 2.05) is 6.07 Å². The first-order valence-electron chi connectivity index (χ1n) is 4.43. The van der Waals surface area contributed by atoms with Crippen molar-refractivity contribution in [1.29, 1.82) is 5.26 Å². The fraction of sp³-hybridized carbons (Fsp3) is 0.667. The zero-order chi connectivity index (χ0) is 12.1. The van der Waals surface area contributed by atoms with Crippen molar-refractivity contribution < 1.29 is 21.1 Å². The lowest BCUT2D eigenvalue weighted by Crippen LogP contribution is -2.67. The maximum absolute atomic E-state index is 9.67. The topological polar surface area (TPSA) is 112 Å². The maximum Gasteiger partial charge on any atom is 0.206 e. The average Bonchev–Trinajstić information content (AvgIpc) is 2.09. The zero-order valence-electron chi connectivity index (χ0n) is 8.84. The third-order valence-corrected chi connectivity index (χ3v) is 3.20. The highest BCUT2D eigenvalue weighted by Crippen LogP contribution is 2.27. The summed E-state index contributed by atoms with van der Waals surface area (Å²) in [6.45, 7) is 3.13. The van der Waals surface area contributed by atoms with E-state index in [2.05, 4.69) is 5.73 Å². The van der Waals surface area contributed by atoms with Crippen LogP contribution in [-0.4, -0.2) is 39.0 Å². The molecule has 0 aliphatic rings. The van der Waals surface area contributed by atoms with E-state index in [1.165, 1.54) is 17.8 Å². The van der Waals surface area contributed by atoms with E-state index < -0.39 is 17.9 Å². The Labute approximate surface area is 93.2 Å². The SMILES string of the molecule is CC(C)(O)/C(=C/C#N)SC[C@H]([NH3+])C(O)O. The number of thioether (sulfide) groups is 1. The number of quaternary nitrogens is 1. The second kappa shape index (κ2) is 6.10. The van der Waals surface area contributed by atoms with Crippen LogP contribution in [0.4, 0.5) is 0 Å². The molecule has 0 aromatic heterocycles. The summed E-state index contributed by atoms with van der Waals surface area (Å²) in [5.74, 6) is 0.329. The molecule has 0 rings (SSSR count). The Morgan fingerprint density at radius 1 is 1.60 bits per heavy atom. The molecule has 1 atom stereocenters. The summed E-state index contributed by atoms with van der Waals surface area (Å²) in [5, 5.41) is 35.8. The summed E-state index contributed by atoms with van der Waals surface area (Å²) in [6.07, 6.45) is -0.233. The molecular weight excluding hydrogens is 216 g/mol. The molecule has 0 heterocycles. The molecule has 15 heavy (non-hydrogen) atoms. The quantitative estimate of drug-likeness (QED) is 0.353. The third kappa shape index (κ3) is 5.77. The van der Waals surface area contributed by atoms with Crippen LogP contribution in [0.25, 0.3) is 0 Å². The van der Waals surface area contributed by atoms with Crippen LogP contribution in [-0.2, 0) is 0 Å². The van der Waals surface area contributed by atoms with Gasteiger partial charge < -0.3 is 21.1 Å². The van der Waals surface area contributed by atoms with Gasteiger partial charge in [-0.3, -0.25) is 0 Å². The Hall–Kier alpha value is -0.580. The fourth-order valence-corrected chi connectivity index (χ4v) is 1.79. The van der Waals surface area contributed by atoms with Gasteiger partial charge in [0.15, 0.2) is 0 Å². The zero-order valence-corrected chi connectivity index (χ0v) is 9.66. The van der Waals surface area contributed by atoms with E-state index in [4.69, 9.17) is 15.5 Å². The number of hydrogen-bond acceptors (Lipinski definition) is 5.